The van der Waals surface area contributed by atoms with Crippen molar-refractivity contribution in [1.82, 2.24) is 10.2 Å². The fourth-order valence-corrected chi connectivity index (χ4v) is 2.59. The van der Waals surface area contributed by atoms with Crippen LogP contribution in [0.25, 0.3) is 0 Å². The van der Waals surface area contributed by atoms with Gasteiger partial charge in [0, 0.05) is 33.4 Å². The molecule has 1 rings (SSSR count). The van der Waals surface area contributed by atoms with Gasteiger partial charge in [-0.15, -0.1) is 0 Å². The van der Waals surface area contributed by atoms with Crippen molar-refractivity contribution in [2.75, 3.05) is 40.4 Å². The summed E-state index contributed by atoms with van der Waals surface area (Å²) in [7, 11) is 3.55. The molecule has 0 aromatic heterocycles. The summed E-state index contributed by atoms with van der Waals surface area (Å²) in [6.07, 6.45) is 1.63. The third-order valence-electron chi connectivity index (χ3n) is 4.14. The molecule has 0 aromatic rings. The van der Waals surface area contributed by atoms with Gasteiger partial charge in [-0.1, -0.05) is 13.8 Å². The Balaban J connectivity index is 2.39. The molecule has 4 nitrogen and oxygen atoms in total. The Morgan fingerprint density at radius 3 is 2.17 bits per heavy atom. The van der Waals surface area contributed by atoms with E-state index in [1.807, 2.05) is 0 Å². The Hall–Kier alpha value is -0.160. The highest BCUT2D eigenvalue weighted by atomic mass is 16.5. The van der Waals surface area contributed by atoms with Crippen molar-refractivity contribution in [3.63, 3.8) is 0 Å². The van der Waals surface area contributed by atoms with E-state index in [0.29, 0.717) is 12.0 Å². The molecule has 0 aromatic carbocycles. The number of nitrogens with one attached hydrogen (secondary N) is 1. The molecular weight excluding hydrogens is 228 g/mol. The molecule has 1 N–H and O–H groups in total. The second-order valence-electron chi connectivity index (χ2n) is 5.42. The molecule has 0 spiro atoms. The Labute approximate surface area is 112 Å². The summed E-state index contributed by atoms with van der Waals surface area (Å²) >= 11 is 0. The van der Waals surface area contributed by atoms with Gasteiger partial charge in [-0.3, -0.25) is 4.90 Å². The van der Waals surface area contributed by atoms with Gasteiger partial charge in [-0.05, 0) is 32.4 Å². The summed E-state index contributed by atoms with van der Waals surface area (Å²) in [5.74, 6) is 0.643. The lowest BCUT2D eigenvalue weighted by molar-refractivity contribution is -0.00461. The maximum Gasteiger partial charge on any atom is 0.0971 e. The second kappa shape index (κ2) is 8.10. The van der Waals surface area contributed by atoms with Crippen molar-refractivity contribution in [1.29, 1.82) is 0 Å². The van der Waals surface area contributed by atoms with Gasteiger partial charge in [0.25, 0.3) is 0 Å². The van der Waals surface area contributed by atoms with E-state index in [-0.39, 0.29) is 12.2 Å². The van der Waals surface area contributed by atoms with Gasteiger partial charge in [-0.25, -0.2) is 0 Å². The van der Waals surface area contributed by atoms with Gasteiger partial charge < -0.3 is 14.8 Å². The third-order valence-corrected chi connectivity index (χ3v) is 4.14. The van der Waals surface area contributed by atoms with Crippen LogP contribution in [0.3, 0.4) is 0 Å². The molecule has 108 valence electrons. The summed E-state index contributed by atoms with van der Waals surface area (Å²) in [6, 6.07) is 0.562. The van der Waals surface area contributed by atoms with Gasteiger partial charge in [0.15, 0.2) is 0 Å². The number of hydrogen-bond acceptors (Lipinski definition) is 4. The Bertz CT molecular complexity index is 214. The van der Waals surface area contributed by atoms with E-state index in [4.69, 9.17) is 9.47 Å². The predicted octanol–water partition coefficient (Wildman–Crippen LogP) is 1.36. The van der Waals surface area contributed by atoms with Crippen molar-refractivity contribution in [2.24, 2.45) is 5.92 Å². The predicted molar refractivity (Wildman–Crippen MR) is 75.0 cm³/mol. The van der Waals surface area contributed by atoms with E-state index >= 15 is 0 Å². The highest BCUT2D eigenvalue weighted by molar-refractivity contribution is 4.89. The molecule has 1 aliphatic heterocycles. The van der Waals surface area contributed by atoms with E-state index in [9.17, 15) is 0 Å². The zero-order valence-electron chi connectivity index (χ0n) is 12.6. The van der Waals surface area contributed by atoms with E-state index in [2.05, 4.69) is 31.0 Å². The lowest BCUT2D eigenvalue weighted by Gasteiger charge is -2.29. The minimum atomic E-state index is 0.216. The standard InChI is InChI=1S/C14H30N2O2/c1-6-7-15-8-11(2)12(3)16-9-13(17-4)14(10-16)18-5/h11-15H,6-10H2,1-5H3. The third kappa shape index (κ3) is 4.19. The van der Waals surface area contributed by atoms with Crippen LogP contribution < -0.4 is 5.32 Å². The van der Waals surface area contributed by atoms with Crippen molar-refractivity contribution in [2.45, 2.75) is 45.4 Å². The first-order valence-electron chi connectivity index (χ1n) is 7.14. The van der Waals surface area contributed by atoms with Crippen molar-refractivity contribution in [3.05, 3.63) is 0 Å². The smallest absolute Gasteiger partial charge is 0.0971 e. The Morgan fingerprint density at radius 2 is 1.72 bits per heavy atom. The molecule has 0 radical (unpaired) electrons. The summed E-state index contributed by atoms with van der Waals surface area (Å²) in [5.41, 5.74) is 0. The minimum absolute atomic E-state index is 0.216. The zero-order chi connectivity index (χ0) is 13.5. The van der Waals surface area contributed by atoms with Crippen LogP contribution in [-0.2, 0) is 9.47 Å². The average molecular weight is 258 g/mol. The maximum absolute atomic E-state index is 5.49. The molecule has 18 heavy (non-hydrogen) atoms. The number of rotatable bonds is 8. The molecule has 1 fully saturated rings. The molecule has 0 saturated carbocycles. The van der Waals surface area contributed by atoms with Crippen LogP contribution in [0.1, 0.15) is 27.2 Å². The van der Waals surface area contributed by atoms with E-state index in [1.165, 1.54) is 6.42 Å². The quantitative estimate of drug-likeness (QED) is 0.667. The molecule has 1 aliphatic rings. The Kier molecular flexibility index (Phi) is 7.15. The van der Waals surface area contributed by atoms with Crippen LogP contribution in [0.15, 0.2) is 0 Å². The first-order valence-corrected chi connectivity index (χ1v) is 7.14. The largest absolute Gasteiger partial charge is 0.377 e. The van der Waals surface area contributed by atoms with E-state index in [0.717, 1.165) is 26.2 Å². The molecule has 0 amide bonds. The van der Waals surface area contributed by atoms with Crippen LogP contribution in [-0.4, -0.2) is 63.5 Å². The van der Waals surface area contributed by atoms with Gasteiger partial charge in [0.05, 0.1) is 12.2 Å². The van der Waals surface area contributed by atoms with E-state index in [1.54, 1.807) is 14.2 Å². The minimum Gasteiger partial charge on any atom is -0.377 e. The highest BCUT2D eigenvalue weighted by Crippen LogP contribution is 2.21. The van der Waals surface area contributed by atoms with Crippen molar-refractivity contribution >= 4 is 0 Å². The number of hydrogen-bond donors (Lipinski definition) is 1. The molecule has 0 bridgehead atoms. The lowest BCUT2D eigenvalue weighted by atomic mass is 10.0. The van der Waals surface area contributed by atoms with Crippen molar-refractivity contribution in [3.8, 4) is 0 Å². The summed E-state index contributed by atoms with van der Waals surface area (Å²) in [6.45, 7) is 11.0. The van der Waals surface area contributed by atoms with Gasteiger partial charge in [0.1, 0.15) is 0 Å². The van der Waals surface area contributed by atoms with Crippen LogP contribution in [0.4, 0.5) is 0 Å². The average Bonchev–Trinajstić information content (AvgIpc) is 2.81. The molecule has 1 heterocycles. The number of methoxy groups -OCH3 is 2. The number of likely N-dealkylation sites (tertiary alicyclic amines) is 1. The Morgan fingerprint density at radius 1 is 1.17 bits per heavy atom. The normalized spacial score (nSPS) is 28.5. The fraction of sp³-hybridized carbons (Fsp3) is 1.00. The summed E-state index contributed by atoms with van der Waals surface area (Å²) in [4.78, 5) is 2.49. The SMILES string of the molecule is CCCNCC(C)C(C)N1CC(OC)C(OC)C1. The summed E-state index contributed by atoms with van der Waals surface area (Å²) < 4.78 is 11.0. The molecule has 4 atom stereocenters. The molecule has 4 heteroatoms. The highest BCUT2D eigenvalue weighted by Gasteiger charge is 2.36. The molecular formula is C14H30N2O2. The molecule has 0 aliphatic carbocycles. The number of ether oxygens (including phenoxy) is 2. The first-order chi connectivity index (χ1) is 8.63. The van der Waals surface area contributed by atoms with Gasteiger partial charge >= 0.3 is 0 Å². The van der Waals surface area contributed by atoms with Gasteiger partial charge in [-0.2, -0.15) is 0 Å². The first kappa shape index (κ1) is 15.9. The van der Waals surface area contributed by atoms with Crippen LogP contribution >= 0.6 is 0 Å². The maximum atomic E-state index is 5.49. The fourth-order valence-electron chi connectivity index (χ4n) is 2.59. The topological polar surface area (TPSA) is 33.7 Å². The lowest BCUT2D eigenvalue weighted by Crippen LogP contribution is -2.40. The van der Waals surface area contributed by atoms with Crippen LogP contribution in [0.5, 0.6) is 0 Å². The van der Waals surface area contributed by atoms with E-state index < -0.39 is 0 Å². The van der Waals surface area contributed by atoms with Crippen LogP contribution in [0, 0.1) is 5.92 Å². The number of nitrogens with zero attached hydrogens (tertiary/aromatic N) is 1. The molecule has 1 saturated heterocycles. The monoisotopic (exact) mass is 258 g/mol. The van der Waals surface area contributed by atoms with Crippen molar-refractivity contribution < 1.29 is 9.47 Å². The van der Waals surface area contributed by atoms with Gasteiger partial charge in [0.2, 0.25) is 0 Å². The zero-order valence-corrected chi connectivity index (χ0v) is 12.6. The summed E-state index contributed by atoms with van der Waals surface area (Å²) in [5, 5.41) is 3.50. The molecule has 4 unspecified atom stereocenters. The second-order valence-corrected chi connectivity index (χ2v) is 5.42. The van der Waals surface area contributed by atoms with Crippen LogP contribution in [0.2, 0.25) is 0 Å².